The van der Waals surface area contributed by atoms with Gasteiger partial charge >= 0.3 is 11.6 Å². The Labute approximate surface area is 128 Å². The first-order valence-electron chi connectivity index (χ1n) is 6.15. The zero-order valence-electron chi connectivity index (χ0n) is 10.9. The van der Waals surface area contributed by atoms with Gasteiger partial charge in [-0.3, -0.25) is 10.1 Å². The lowest BCUT2D eigenvalue weighted by molar-refractivity contribution is -0.384. The lowest BCUT2D eigenvalue weighted by Gasteiger charge is -2.06. The lowest BCUT2D eigenvalue weighted by atomic mass is 10.2. The third kappa shape index (κ3) is 2.61. The zero-order chi connectivity index (χ0) is 15.7. The smallest absolute Gasteiger partial charge is 0.348 e. The van der Waals surface area contributed by atoms with Gasteiger partial charge in [0.25, 0.3) is 5.69 Å². The minimum Gasteiger partial charge on any atom is -0.388 e. The summed E-state index contributed by atoms with van der Waals surface area (Å²) in [4.78, 5) is 26.2. The minimum atomic E-state index is -0.644. The molecule has 0 fully saturated rings. The molecule has 1 aromatic heterocycles. The number of benzene rings is 2. The summed E-state index contributed by atoms with van der Waals surface area (Å²) in [5, 5.41) is 14.2. The van der Waals surface area contributed by atoms with Crippen molar-refractivity contribution in [1.82, 2.24) is 4.98 Å². The second-order valence-electron chi connectivity index (χ2n) is 4.37. The summed E-state index contributed by atoms with van der Waals surface area (Å²) >= 11 is 6.00. The van der Waals surface area contributed by atoms with Crippen molar-refractivity contribution >= 4 is 39.9 Å². The van der Waals surface area contributed by atoms with E-state index in [1.165, 1.54) is 18.2 Å². The molecule has 0 unspecified atom stereocenters. The number of nitrogens with zero attached hydrogens (tertiary/aromatic N) is 2. The van der Waals surface area contributed by atoms with Crippen molar-refractivity contribution in [3.8, 4) is 0 Å². The van der Waals surface area contributed by atoms with Gasteiger partial charge in [-0.25, -0.2) is 4.79 Å². The van der Waals surface area contributed by atoms with Crippen LogP contribution in [0.3, 0.4) is 0 Å². The Morgan fingerprint density at radius 3 is 2.73 bits per heavy atom. The van der Waals surface area contributed by atoms with Crippen molar-refractivity contribution in [3.63, 3.8) is 0 Å². The lowest BCUT2D eigenvalue weighted by Crippen LogP contribution is -2.05. The van der Waals surface area contributed by atoms with Gasteiger partial charge in [0.2, 0.25) is 0 Å². The van der Waals surface area contributed by atoms with Crippen molar-refractivity contribution in [2.75, 3.05) is 5.32 Å². The molecule has 0 aliphatic rings. The Bertz CT molecular complexity index is 939. The van der Waals surface area contributed by atoms with Crippen LogP contribution in [0.5, 0.6) is 0 Å². The van der Waals surface area contributed by atoms with Crippen LogP contribution < -0.4 is 10.9 Å². The Morgan fingerprint density at radius 1 is 1.23 bits per heavy atom. The number of aromatic nitrogens is 1. The minimum absolute atomic E-state index is 0.0916. The maximum atomic E-state index is 11.9. The molecule has 0 aliphatic carbocycles. The average molecular weight is 318 g/mol. The summed E-state index contributed by atoms with van der Waals surface area (Å²) in [6.45, 7) is 0. The van der Waals surface area contributed by atoms with E-state index in [1.807, 2.05) is 0 Å². The van der Waals surface area contributed by atoms with E-state index in [1.54, 1.807) is 24.3 Å². The van der Waals surface area contributed by atoms with E-state index < -0.39 is 10.5 Å². The summed E-state index contributed by atoms with van der Waals surface area (Å²) in [5.41, 5.74) is -0.131. The highest BCUT2D eigenvalue weighted by Gasteiger charge is 2.12. The van der Waals surface area contributed by atoms with Gasteiger partial charge in [-0.15, -0.1) is 0 Å². The number of nitrogens with one attached hydrogen (secondary N) is 1. The van der Waals surface area contributed by atoms with Gasteiger partial charge in [0.15, 0.2) is 0 Å². The van der Waals surface area contributed by atoms with Crippen LogP contribution in [0, 0.1) is 10.1 Å². The third-order valence-electron chi connectivity index (χ3n) is 2.94. The highest BCUT2D eigenvalue weighted by Crippen LogP contribution is 2.25. The van der Waals surface area contributed by atoms with E-state index in [-0.39, 0.29) is 22.6 Å². The predicted molar refractivity (Wildman–Crippen MR) is 81.7 cm³/mol. The summed E-state index contributed by atoms with van der Waals surface area (Å²) in [7, 11) is 0. The largest absolute Gasteiger partial charge is 0.388 e. The fourth-order valence-corrected chi connectivity index (χ4v) is 2.09. The molecule has 8 heteroatoms. The van der Waals surface area contributed by atoms with Gasteiger partial charge < -0.3 is 9.73 Å². The number of nitro groups is 1. The maximum Gasteiger partial charge on any atom is 0.348 e. The van der Waals surface area contributed by atoms with E-state index in [4.69, 9.17) is 16.0 Å². The zero-order valence-corrected chi connectivity index (χ0v) is 11.7. The van der Waals surface area contributed by atoms with Gasteiger partial charge in [0.1, 0.15) is 0 Å². The quantitative estimate of drug-likeness (QED) is 0.586. The molecule has 0 radical (unpaired) electrons. The predicted octanol–water partition coefficient (Wildman–Crippen LogP) is 3.49. The SMILES string of the molecule is O=c1oc(Nc2ccccc2Cl)nc2cc([N+](=O)[O-])ccc12. The van der Waals surface area contributed by atoms with E-state index in [2.05, 4.69) is 10.3 Å². The van der Waals surface area contributed by atoms with Crippen molar-refractivity contribution in [3.05, 3.63) is 68.0 Å². The Balaban J connectivity index is 2.09. The van der Waals surface area contributed by atoms with Crippen molar-refractivity contribution < 1.29 is 9.34 Å². The maximum absolute atomic E-state index is 11.9. The topological polar surface area (TPSA) is 98.3 Å². The second-order valence-corrected chi connectivity index (χ2v) is 4.78. The number of hydrogen-bond acceptors (Lipinski definition) is 6. The molecule has 0 saturated carbocycles. The van der Waals surface area contributed by atoms with Crippen LogP contribution in [0.15, 0.2) is 51.7 Å². The van der Waals surface area contributed by atoms with Crippen molar-refractivity contribution in [2.24, 2.45) is 0 Å². The molecule has 2 aromatic carbocycles. The number of hydrogen-bond donors (Lipinski definition) is 1. The van der Waals surface area contributed by atoms with E-state index >= 15 is 0 Å². The average Bonchev–Trinajstić information content (AvgIpc) is 2.49. The first kappa shape index (κ1) is 14.0. The Kier molecular flexibility index (Phi) is 3.48. The third-order valence-corrected chi connectivity index (χ3v) is 3.27. The van der Waals surface area contributed by atoms with E-state index in [9.17, 15) is 14.9 Å². The molecular weight excluding hydrogens is 310 g/mol. The van der Waals surface area contributed by atoms with Gasteiger partial charge in [-0.2, -0.15) is 4.98 Å². The fraction of sp³-hybridized carbons (Fsp3) is 0. The molecule has 110 valence electrons. The number of fused-ring (bicyclic) bond motifs is 1. The number of nitro benzene ring substituents is 1. The van der Waals surface area contributed by atoms with Crippen molar-refractivity contribution in [1.29, 1.82) is 0 Å². The first-order valence-corrected chi connectivity index (χ1v) is 6.53. The molecule has 0 saturated heterocycles. The van der Waals surface area contributed by atoms with Gasteiger partial charge in [0, 0.05) is 12.1 Å². The second kappa shape index (κ2) is 5.45. The molecule has 0 spiro atoms. The van der Waals surface area contributed by atoms with Crippen LogP contribution in [0.4, 0.5) is 17.4 Å². The molecule has 22 heavy (non-hydrogen) atoms. The van der Waals surface area contributed by atoms with Crippen LogP contribution in [0.1, 0.15) is 0 Å². The van der Waals surface area contributed by atoms with Crippen LogP contribution in [0.25, 0.3) is 10.9 Å². The Hall–Kier alpha value is -2.93. The van der Waals surface area contributed by atoms with Gasteiger partial charge in [-0.05, 0) is 18.2 Å². The normalized spacial score (nSPS) is 10.6. The molecular formula is C14H8ClN3O4. The number of rotatable bonds is 3. The molecule has 0 aliphatic heterocycles. The molecule has 3 rings (SSSR count). The van der Waals surface area contributed by atoms with Crippen molar-refractivity contribution in [2.45, 2.75) is 0 Å². The molecule has 1 heterocycles. The molecule has 3 aromatic rings. The van der Waals surface area contributed by atoms with Crippen LogP contribution >= 0.6 is 11.6 Å². The number of non-ortho nitro benzene ring substituents is 1. The molecule has 7 nitrogen and oxygen atoms in total. The summed E-state index contributed by atoms with van der Waals surface area (Å²) in [5.74, 6) is 0. The molecule has 1 N–H and O–H groups in total. The molecule has 0 amide bonds. The molecule has 0 bridgehead atoms. The highest BCUT2D eigenvalue weighted by atomic mass is 35.5. The summed E-state index contributed by atoms with van der Waals surface area (Å²) in [6.07, 6.45) is 0. The molecule has 0 atom stereocenters. The number of anilines is 2. The first-order chi connectivity index (χ1) is 10.5. The van der Waals surface area contributed by atoms with E-state index in [0.717, 1.165) is 0 Å². The number of para-hydroxylation sites is 1. The monoisotopic (exact) mass is 317 g/mol. The summed E-state index contributed by atoms with van der Waals surface area (Å²) < 4.78 is 5.04. The standard InChI is InChI=1S/C14H8ClN3O4/c15-10-3-1-2-4-11(10)16-14-17-12-7-8(18(20)21)5-6-9(12)13(19)22-14/h1-7H,(H,16,17). The van der Waals surface area contributed by atoms with Gasteiger partial charge in [0.05, 0.1) is 26.5 Å². The van der Waals surface area contributed by atoms with Crippen LogP contribution in [0.2, 0.25) is 5.02 Å². The van der Waals surface area contributed by atoms with Gasteiger partial charge in [-0.1, -0.05) is 23.7 Å². The van der Waals surface area contributed by atoms with Crippen LogP contribution in [-0.2, 0) is 0 Å². The number of halogens is 1. The fourth-order valence-electron chi connectivity index (χ4n) is 1.90. The summed E-state index contributed by atoms with van der Waals surface area (Å²) in [6, 6.07) is 10.5. The Morgan fingerprint density at radius 2 is 2.00 bits per heavy atom. The highest BCUT2D eigenvalue weighted by molar-refractivity contribution is 6.33. The van der Waals surface area contributed by atoms with E-state index in [0.29, 0.717) is 10.7 Å². The van der Waals surface area contributed by atoms with Crippen LogP contribution in [-0.4, -0.2) is 9.91 Å².